The van der Waals surface area contributed by atoms with E-state index in [0.29, 0.717) is 19.0 Å². The summed E-state index contributed by atoms with van der Waals surface area (Å²) in [5, 5.41) is 18.2. The number of H-pyrrole nitrogens is 1. The first kappa shape index (κ1) is 17.0. The number of amides is 2. The number of carbonyl (C=O) groups is 2. The van der Waals surface area contributed by atoms with Crippen molar-refractivity contribution < 1.29 is 14.7 Å². The number of carboxylic acid groups (broad SMARTS) is 1. The van der Waals surface area contributed by atoms with Crippen molar-refractivity contribution in [3.05, 3.63) is 18.0 Å². The van der Waals surface area contributed by atoms with Crippen LogP contribution in [-0.2, 0) is 11.3 Å². The molecule has 0 spiro atoms. The third-order valence-corrected chi connectivity index (χ3v) is 3.13. The lowest BCUT2D eigenvalue weighted by atomic mass is 9.94. The summed E-state index contributed by atoms with van der Waals surface area (Å²) < 4.78 is 0. The summed E-state index contributed by atoms with van der Waals surface area (Å²) in [4.78, 5) is 24.4. The first-order valence-corrected chi connectivity index (χ1v) is 7.07. The van der Waals surface area contributed by atoms with E-state index in [1.807, 2.05) is 13.8 Å². The monoisotopic (exact) mass is 296 g/mol. The average molecular weight is 296 g/mol. The molecule has 3 N–H and O–H groups in total. The summed E-state index contributed by atoms with van der Waals surface area (Å²) in [5.74, 6) is -0.481. The molecule has 7 nitrogen and oxygen atoms in total. The van der Waals surface area contributed by atoms with Gasteiger partial charge in [-0.25, -0.2) is 4.79 Å². The quantitative estimate of drug-likeness (QED) is 0.680. The summed E-state index contributed by atoms with van der Waals surface area (Å²) in [5.41, 5.74) is 0.914. The number of aliphatic carboxylic acids is 1. The highest BCUT2D eigenvalue weighted by Crippen LogP contribution is 2.14. The Morgan fingerprint density at radius 2 is 2.19 bits per heavy atom. The molecule has 2 amide bonds. The molecule has 1 rings (SSSR count). The topological polar surface area (TPSA) is 98.3 Å². The molecule has 7 heteroatoms. The molecule has 0 fully saturated rings. The number of carboxylic acids is 1. The van der Waals surface area contributed by atoms with Crippen LogP contribution in [0.5, 0.6) is 0 Å². The van der Waals surface area contributed by atoms with Crippen molar-refractivity contribution >= 4 is 12.0 Å². The standard InChI is InChI=1S/C14H24N4O3/c1-10(2)4-11(5-13(19)20)6-15-14(21)18(3)9-12-7-16-17-8-12/h7-8,10-11H,4-6,9H2,1-3H3,(H,15,21)(H,16,17)(H,19,20). The highest BCUT2D eigenvalue weighted by atomic mass is 16.4. The Hall–Kier alpha value is -2.05. The van der Waals surface area contributed by atoms with Crippen LogP contribution in [0.4, 0.5) is 4.79 Å². The molecule has 0 bridgehead atoms. The van der Waals surface area contributed by atoms with Crippen LogP contribution in [0.15, 0.2) is 12.4 Å². The number of rotatable bonds is 8. The van der Waals surface area contributed by atoms with Crippen molar-refractivity contribution in [1.29, 1.82) is 0 Å². The van der Waals surface area contributed by atoms with Gasteiger partial charge in [0.1, 0.15) is 0 Å². The second kappa shape index (κ2) is 8.28. The molecule has 0 saturated heterocycles. The van der Waals surface area contributed by atoms with Gasteiger partial charge < -0.3 is 15.3 Å². The zero-order chi connectivity index (χ0) is 15.8. The first-order valence-electron chi connectivity index (χ1n) is 7.07. The number of hydrogen-bond donors (Lipinski definition) is 3. The van der Waals surface area contributed by atoms with Crippen LogP contribution in [0, 0.1) is 11.8 Å². The van der Waals surface area contributed by atoms with Crippen LogP contribution in [0.3, 0.4) is 0 Å². The second-order valence-corrected chi connectivity index (χ2v) is 5.74. The normalized spacial score (nSPS) is 12.2. The molecule has 1 unspecified atom stereocenters. The van der Waals surface area contributed by atoms with Crippen LogP contribution in [-0.4, -0.2) is 45.8 Å². The van der Waals surface area contributed by atoms with Crippen LogP contribution in [0.2, 0.25) is 0 Å². The third-order valence-electron chi connectivity index (χ3n) is 3.13. The fourth-order valence-electron chi connectivity index (χ4n) is 2.23. The number of urea groups is 1. The lowest BCUT2D eigenvalue weighted by Crippen LogP contribution is -2.39. The van der Waals surface area contributed by atoms with Crippen LogP contribution < -0.4 is 5.32 Å². The van der Waals surface area contributed by atoms with Gasteiger partial charge in [0.15, 0.2) is 0 Å². The predicted octanol–water partition coefficient (Wildman–Crippen LogP) is 1.69. The minimum Gasteiger partial charge on any atom is -0.481 e. The smallest absolute Gasteiger partial charge is 0.317 e. The second-order valence-electron chi connectivity index (χ2n) is 5.74. The summed E-state index contributed by atoms with van der Waals surface area (Å²) in [6.45, 7) is 4.92. The van der Waals surface area contributed by atoms with Gasteiger partial charge in [-0.15, -0.1) is 0 Å². The van der Waals surface area contributed by atoms with Gasteiger partial charge in [-0.05, 0) is 18.3 Å². The molecule has 1 aromatic heterocycles. The van der Waals surface area contributed by atoms with Crippen LogP contribution in [0.25, 0.3) is 0 Å². The largest absolute Gasteiger partial charge is 0.481 e. The van der Waals surface area contributed by atoms with Crippen molar-refractivity contribution in [2.45, 2.75) is 33.2 Å². The van der Waals surface area contributed by atoms with Gasteiger partial charge in [-0.1, -0.05) is 13.8 Å². The van der Waals surface area contributed by atoms with E-state index in [1.54, 1.807) is 19.4 Å². The summed E-state index contributed by atoms with van der Waals surface area (Å²) in [6, 6.07) is -0.213. The highest BCUT2D eigenvalue weighted by Gasteiger charge is 2.17. The number of carbonyl (C=O) groups excluding carboxylic acids is 1. The minimum atomic E-state index is -0.832. The van der Waals surface area contributed by atoms with Gasteiger partial charge in [0.25, 0.3) is 0 Å². The highest BCUT2D eigenvalue weighted by molar-refractivity contribution is 5.74. The average Bonchev–Trinajstić information content (AvgIpc) is 2.86. The Labute approximate surface area is 124 Å². The molecule has 0 aliphatic carbocycles. The number of aromatic amines is 1. The third kappa shape index (κ3) is 6.78. The zero-order valence-electron chi connectivity index (χ0n) is 12.8. The Morgan fingerprint density at radius 3 is 2.71 bits per heavy atom. The van der Waals surface area contributed by atoms with E-state index in [9.17, 15) is 9.59 Å². The van der Waals surface area contributed by atoms with Crippen molar-refractivity contribution in [2.75, 3.05) is 13.6 Å². The van der Waals surface area contributed by atoms with E-state index in [0.717, 1.165) is 12.0 Å². The van der Waals surface area contributed by atoms with Gasteiger partial charge in [0.05, 0.1) is 12.7 Å². The SMILES string of the molecule is CC(C)CC(CNC(=O)N(C)Cc1cn[nH]c1)CC(=O)O. The molecule has 0 radical (unpaired) electrons. The lowest BCUT2D eigenvalue weighted by molar-refractivity contribution is -0.138. The van der Waals surface area contributed by atoms with Gasteiger partial charge in [0, 0.05) is 31.8 Å². The molecule has 0 saturated carbocycles. The Kier molecular flexibility index (Phi) is 6.71. The summed E-state index contributed by atoms with van der Waals surface area (Å²) >= 11 is 0. The fourth-order valence-corrected chi connectivity index (χ4v) is 2.23. The molecular weight excluding hydrogens is 272 g/mol. The maximum atomic E-state index is 12.0. The first-order chi connectivity index (χ1) is 9.88. The van der Waals surface area contributed by atoms with E-state index in [4.69, 9.17) is 5.11 Å². The molecule has 1 heterocycles. The fraction of sp³-hybridized carbons (Fsp3) is 0.643. The molecule has 118 valence electrons. The van der Waals surface area contributed by atoms with E-state index in [-0.39, 0.29) is 18.4 Å². The molecule has 1 aromatic rings. The summed E-state index contributed by atoms with van der Waals surface area (Å²) in [6.07, 6.45) is 4.24. The summed E-state index contributed by atoms with van der Waals surface area (Å²) in [7, 11) is 1.69. The number of hydrogen-bond acceptors (Lipinski definition) is 3. The zero-order valence-corrected chi connectivity index (χ0v) is 12.8. The van der Waals surface area contributed by atoms with Crippen LogP contribution in [0.1, 0.15) is 32.3 Å². The maximum Gasteiger partial charge on any atom is 0.317 e. The van der Waals surface area contributed by atoms with Gasteiger partial charge >= 0.3 is 12.0 Å². The van der Waals surface area contributed by atoms with Gasteiger partial charge in [-0.3, -0.25) is 9.89 Å². The van der Waals surface area contributed by atoms with Crippen molar-refractivity contribution in [3.63, 3.8) is 0 Å². The molecular formula is C14H24N4O3. The van der Waals surface area contributed by atoms with E-state index in [2.05, 4.69) is 15.5 Å². The van der Waals surface area contributed by atoms with E-state index in [1.165, 1.54) is 4.90 Å². The molecule has 0 aliphatic heterocycles. The molecule has 1 atom stereocenters. The van der Waals surface area contributed by atoms with Crippen molar-refractivity contribution in [2.24, 2.45) is 11.8 Å². The number of nitrogens with zero attached hydrogens (tertiary/aromatic N) is 2. The number of aromatic nitrogens is 2. The maximum absolute atomic E-state index is 12.0. The van der Waals surface area contributed by atoms with E-state index >= 15 is 0 Å². The molecule has 21 heavy (non-hydrogen) atoms. The van der Waals surface area contributed by atoms with Gasteiger partial charge in [-0.2, -0.15) is 5.10 Å². The predicted molar refractivity (Wildman–Crippen MR) is 78.7 cm³/mol. The molecule has 0 aromatic carbocycles. The Morgan fingerprint density at radius 1 is 1.48 bits per heavy atom. The van der Waals surface area contributed by atoms with Crippen molar-refractivity contribution in [3.8, 4) is 0 Å². The van der Waals surface area contributed by atoms with E-state index < -0.39 is 5.97 Å². The number of nitrogens with one attached hydrogen (secondary N) is 2. The minimum absolute atomic E-state index is 0.0474. The van der Waals surface area contributed by atoms with Gasteiger partial charge in [0.2, 0.25) is 0 Å². The molecule has 0 aliphatic rings. The lowest BCUT2D eigenvalue weighted by Gasteiger charge is -2.21. The van der Waals surface area contributed by atoms with Crippen molar-refractivity contribution in [1.82, 2.24) is 20.4 Å². The Bertz CT molecular complexity index is 445. The van der Waals surface area contributed by atoms with Crippen LogP contribution >= 0.6 is 0 Å². The Balaban J connectivity index is 2.42.